The molecule has 3 heteroatoms. The van der Waals surface area contributed by atoms with Crippen molar-refractivity contribution in [2.45, 2.75) is 33.1 Å². The first-order valence-electron chi connectivity index (χ1n) is 4.01. The fourth-order valence-electron chi connectivity index (χ4n) is 1.21. The summed E-state index contributed by atoms with van der Waals surface area (Å²) in [5.41, 5.74) is 7.66. The van der Waals surface area contributed by atoms with E-state index >= 15 is 0 Å². The first-order valence-corrected chi connectivity index (χ1v) is 4.01. The highest BCUT2D eigenvalue weighted by atomic mass is 15.0. The molecule has 3 nitrogen and oxygen atoms in total. The number of nitrogen functional groups attached to an aromatic ring is 1. The molecular formula is C9H15N3. The third-order valence-corrected chi connectivity index (χ3v) is 1.70. The highest BCUT2D eigenvalue weighted by molar-refractivity contribution is 5.28. The van der Waals surface area contributed by atoms with Gasteiger partial charge in [-0.1, -0.05) is 20.8 Å². The molecule has 2 N–H and O–H groups in total. The number of rotatable bonds is 0. The van der Waals surface area contributed by atoms with Crippen LogP contribution in [-0.4, -0.2) is 9.97 Å². The Kier molecular flexibility index (Phi) is 2.04. The first-order chi connectivity index (χ1) is 5.41. The lowest BCUT2D eigenvalue weighted by molar-refractivity contribution is 0.563. The highest BCUT2D eigenvalue weighted by Gasteiger charge is 2.18. The average molecular weight is 165 g/mol. The minimum atomic E-state index is 0.0428. The van der Waals surface area contributed by atoms with Gasteiger partial charge in [-0.25, -0.2) is 9.97 Å². The normalized spacial score (nSPS) is 11.7. The largest absolute Gasteiger partial charge is 0.368 e. The quantitative estimate of drug-likeness (QED) is 0.636. The number of nitrogens with two attached hydrogens (primary N) is 1. The van der Waals surface area contributed by atoms with Crippen molar-refractivity contribution in [1.82, 2.24) is 9.97 Å². The van der Waals surface area contributed by atoms with E-state index in [9.17, 15) is 0 Å². The molecule has 0 amide bonds. The molecule has 1 rings (SSSR count). The van der Waals surface area contributed by atoms with Crippen LogP contribution in [0.1, 0.15) is 32.0 Å². The van der Waals surface area contributed by atoms with Crippen molar-refractivity contribution in [2.24, 2.45) is 0 Å². The zero-order chi connectivity index (χ0) is 9.35. The lowest BCUT2D eigenvalue weighted by Gasteiger charge is -2.19. The van der Waals surface area contributed by atoms with Gasteiger partial charge in [-0.05, 0) is 12.5 Å². The summed E-state index contributed by atoms with van der Waals surface area (Å²) in [5, 5.41) is 0. The summed E-state index contributed by atoms with van der Waals surface area (Å²) in [6.07, 6.45) is 1.77. The van der Waals surface area contributed by atoms with Gasteiger partial charge in [0.2, 0.25) is 5.95 Å². The maximum Gasteiger partial charge on any atom is 0.220 e. The van der Waals surface area contributed by atoms with Crippen LogP contribution in [0.5, 0.6) is 0 Å². The van der Waals surface area contributed by atoms with Gasteiger partial charge >= 0.3 is 0 Å². The maximum absolute atomic E-state index is 5.50. The van der Waals surface area contributed by atoms with Gasteiger partial charge in [0.05, 0.1) is 5.69 Å². The van der Waals surface area contributed by atoms with Crippen molar-refractivity contribution >= 4 is 5.95 Å². The smallest absolute Gasteiger partial charge is 0.220 e. The number of anilines is 1. The lowest BCUT2D eigenvalue weighted by Crippen LogP contribution is -2.17. The molecule has 0 aromatic carbocycles. The van der Waals surface area contributed by atoms with Crippen molar-refractivity contribution in [2.75, 3.05) is 5.73 Å². The van der Waals surface area contributed by atoms with E-state index in [4.69, 9.17) is 5.73 Å². The van der Waals surface area contributed by atoms with Crippen LogP contribution in [0.3, 0.4) is 0 Å². The van der Waals surface area contributed by atoms with E-state index < -0.39 is 0 Å². The van der Waals surface area contributed by atoms with Crippen LogP contribution in [0, 0.1) is 6.92 Å². The molecule has 0 radical (unpaired) electrons. The van der Waals surface area contributed by atoms with Gasteiger partial charge in [-0.3, -0.25) is 0 Å². The van der Waals surface area contributed by atoms with E-state index in [-0.39, 0.29) is 5.41 Å². The Hall–Kier alpha value is -1.12. The Morgan fingerprint density at radius 1 is 1.33 bits per heavy atom. The SMILES string of the molecule is Cc1cnc(N)nc1C(C)(C)C. The minimum Gasteiger partial charge on any atom is -0.368 e. The summed E-state index contributed by atoms with van der Waals surface area (Å²) in [7, 11) is 0. The molecule has 1 aromatic rings. The summed E-state index contributed by atoms with van der Waals surface area (Å²) in [5.74, 6) is 0.352. The van der Waals surface area contributed by atoms with Crippen LogP contribution in [-0.2, 0) is 5.41 Å². The Balaban J connectivity index is 3.23. The fourth-order valence-corrected chi connectivity index (χ4v) is 1.21. The second-order valence-corrected chi connectivity index (χ2v) is 4.01. The maximum atomic E-state index is 5.50. The van der Waals surface area contributed by atoms with Crippen molar-refractivity contribution in [3.8, 4) is 0 Å². The van der Waals surface area contributed by atoms with Crippen LogP contribution in [0.25, 0.3) is 0 Å². The Morgan fingerprint density at radius 2 is 1.92 bits per heavy atom. The highest BCUT2D eigenvalue weighted by Crippen LogP contribution is 2.22. The van der Waals surface area contributed by atoms with Crippen LogP contribution in [0.15, 0.2) is 6.20 Å². The minimum absolute atomic E-state index is 0.0428. The van der Waals surface area contributed by atoms with E-state index in [2.05, 4.69) is 30.7 Å². The Labute approximate surface area is 73.0 Å². The zero-order valence-electron chi connectivity index (χ0n) is 8.05. The molecule has 0 aliphatic heterocycles. The van der Waals surface area contributed by atoms with E-state index in [0.717, 1.165) is 11.3 Å². The van der Waals surface area contributed by atoms with Crippen LogP contribution < -0.4 is 5.73 Å². The molecule has 0 aliphatic rings. The molecule has 0 spiro atoms. The summed E-state index contributed by atoms with van der Waals surface area (Å²) in [6, 6.07) is 0. The van der Waals surface area contributed by atoms with Crippen LogP contribution in [0.2, 0.25) is 0 Å². The number of nitrogens with zero attached hydrogens (tertiary/aromatic N) is 2. The molecule has 0 fully saturated rings. The molecule has 1 heterocycles. The van der Waals surface area contributed by atoms with Gasteiger partial charge in [0, 0.05) is 11.6 Å². The van der Waals surface area contributed by atoms with Gasteiger partial charge in [0.15, 0.2) is 0 Å². The summed E-state index contributed by atoms with van der Waals surface area (Å²) in [4.78, 5) is 8.13. The number of hydrogen-bond acceptors (Lipinski definition) is 3. The third kappa shape index (κ3) is 1.72. The molecule has 0 aliphatic carbocycles. The second-order valence-electron chi connectivity index (χ2n) is 4.01. The average Bonchev–Trinajstić information content (AvgIpc) is 1.92. The number of hydrogen-bond donors (Lipinski definition) is 1. The molecule has 0 bridgehead atoms. The summed E-state index contributed by atoms with van der Waals surface area (Å²) < 4.78 is 0. The predicted octanol–water partition coefficient (Wildman–Crippen LogP) is 1.66. The molecule has 0 saturated carbocycles. The second kappa shape index (κ2) is 2.73. The number of aryl methyl sites for hydroxylation is 1. The molecule has 66 valence electrons. The number of aromatic nitrogens is 2. The zero-order valence-corrected chi connectivity index (χ0v) is 8.05. The summed E-state index contributed by atoms with van der Waals surface area (Å²) in [6.45, 7) is 8.34. The van der Waals surface area contributed by atoms with Gasteiger partial charge < -0.3 is 5.73 Å². The van der Waals surface area contributed by atoms with Gasteiger partial charge in [0.25, 0.3) is 0 Å². The van der Waals surface area contributed by atoms with Gasteiger partial charge in [-0.2, -0.15) is 0 Å². The topological polar surface area (TPSA) is 51.8 Å². The van der Waals surface area contributed by atoms with Crippen molar-refractivity contribution in [3.05, 3.63) is 17.5 Å². The first kappa shape index (κ1) is 8.97. The molecule has 0 saturated heterocycles. The van der Waals surface area contributed by atoms with Gasteiger partial charge in [0.1, 0.15) is 0 Å². The van der Waals surface area contributed by atoms with E-state index in [1.54, 1.807) is 6.20 Å². The van der Waals surface area contributed by atoms with E-state index in [1.165, 1.54) is 0 Å². The van der Waals surface area contributed by atoms with E-state index in [0.29, 0.717) is 5.95 Å². The summed E-state index contributed by atoms with van der Waals surface area (Å²) >= 11 is 0. The predicted molar refractivity (Wildman–Crippen MR) is 49.9 cm³/mol. The molecule has 0 atom stereocenters. The Bertz CT molecular complexity index is 286. The molecule has 1 aromatic heterocycles. The molecular weight excluding hydrogens is 150 g/mol. The third-order valence-electron chi connectivity index (χ3n) is 1.70. The van der Waals surface area contributed by atoms with Crippen molar-refractivity contribution < 1.29 is 0 Å². The van der Waals surface area contributed by atoms with Crippen LogP contribution >= 0.6 is 0 Å². The van der Waals surface area contributed by atoms with Crippen LogP contribution in [0.4, 0.5) is 5.95 Å². The lowest BCUT2D eigenvalue weighted by atomic mass is 9.89. The van der Waals surface area contributed by atoms with E-state index in [1.807, 2.05) is 6.92 Å². The Morgan fingerprint density at radius 3 is 2.33 bits per heavy atom. The monoisotopic (exact) mass is 165 g/mol. The molecule has 0 unspecified atom stereocenters. The van der Waals surface area contributed by atoms with Crippen molar-refractivity contribution in [3.63, 3.8) is 0 Å². The standard InChI is InChI=1S/C9H15N3/c1-6-5-11-8(10)12-7(6)9(2,3)4/h5H,1-4H3,(H2,10,11,12). The van der Waals surface area contributed by atoms with Gasteiger partial charge in [-0.15, -0.1) is 0 Å². The fraction of sp³-hybridized carbons (Fsp3) is 0.556. The molecule has 12 heavy (non-hydrogen) atoms. The van der Waals surface area contributed by atoms with Crippen molar-refractivity contribution in [1.29, 1.82) is 0 Å².